The topological polar surface area (TPSA) is 33.2 Å². The van der Waals surface area contributed by atoms with Crippen molar-refractivity contribution in [1.82, 2.24) is 9.88 Å². The molecular weight excluding hydrogens is 365 g/mol. The van der Waals surface area contributed by atoms with Gasteiger partial charge in [0.2, 0.25) is 0 Å². The summed E-state index contributed by atoms with van der Waals surface area (Å²) in [6, 6.07) is 19.6. The lowest BCUT2D eigenvalue weighted by Gasteiger charge is -2.24. The standard InChI is InChI=1S/C22H19F3N2O/c23-22(24,25)20-12-5-4-11-19(20)21(28)27(16-17-8-2-1-3-9-17)15-13-18-10-6-7-14-26-18/h1-12,14H,13,15-16H2. The minimum Gasteiger partial charge on any atom is -0.334 e. The molecule has 1 amide bonds. The number of hydrogen-bond acceptors (Lipinski definition) is 2. The molecule has 3 aromatic rings. The summed E-state index contributed by atoms with van der Waals surface area (Å²) >= 11 is 0. The number of benzene rings is 2. The third kappa shape index (κ3) is 4.97. The van der Waals surface area contributed by atoms with Gasteiger partial charge in [0.05, 0.1) is 11.1 Å². The molecule has 0 spiro atoms. The highest BCUT2D eigenvalue weighted by Gasteiger charge is 2.35. The number of halogens is 3. The monoisotopic (exact) mass is 384 g/mol. The van der Waals surface area contributed by atoms with E-state index in [4.69, 9.17) is 0 Å². The van der Waals surface area contributed by atoms with Crippen molar-refractivity contribution < 1.29 is 18.0 Å². The lowest BCUT2D eigenvalue weighted by atomic mass is 10.0. The second-order valence-corrected chi connectivity index (χ2v) is 6.33. The Morgan fingerprint density at radius 2 is 1.57 bits per heavy atom. The van der Waals surface area contributed by atoms with E-state index in [1.54, 1.807) is 12.3 Å². The van der Waals surface area contributed by atoms with Gasteiger partial charge in [0.1, 0.15) is 0 Å². The van der Waals surface area contributed by atoms with Gasteiger partial charge >= 0.3 is 6.18 Å². The second-order valence-electron chi connectivity index (χ2n) is 6.33. The molecule has 0 unspecified atom stereocenters. The fourth-order valence-electron chi connectivity index (χ4n) is 2.94. The molecule has 1 aromatic heterocycles. The van der Waals surface area contributed by atoms with Gasteiger partial charge in [0.25, 0.3) is 5.91 Å². The van der Waals surface area contributed by atoms with Crippen molar-refractivity contribution in [2.24, 2.45) is 0 Å². The SMILES string of the molecule is O=C(c1ccccc1C(F)(F)F)N(CCc1ccccn1)Cc1ccccc1. The van der Waals surface area contributed by atoms with E-state index in [1.165, 1.54) is 23.1 Å². The van der Waals surface area contributed by atoms with E-state index in [-0.39, 0.29) is 18.7 Å². The zero-order valence-electron chi connectivity index (χ0n) is 15.1. The van der Waals surface area contributed by atoms with Crippen molar-refractivity contribution in [3.63, 3.8) is 0 Å². The number of amides is 1. The van der Waals surface area contributed by atoms with Crippen LogP contribution in [0.15, 0.2) is 79.0 Å². The van der Waals surface area contributed by atoms with Gasteiger partial charge in [-0.1, -0.05) is 48.5 Å². The Morgan fingerprint density at radius 3 is 2.25 bits per heavy atom. The number of pyridine rings is 1. The Morgan fingerprint density at radius 1 is 0.893 bits per heavy atom. The molecule has 0 N–H and O–H groups in total. The van der Waals surface area contributed by atoms with Crippen LogP contribution in [0.25, 0.3) is 0 Å². The molecule has 0 aliphatic heterocycles. The lowest BCUT2D eigenvalue weighted by Crippen LogP contribution is -2.34. The van der Waals surface area contributed by atoms with Crippen LogP contribution in [0, 0.1) is 0 Å². The normalized spacial score (nSPS) is 11.2. The highest BCUT2D eigenvalue weighted by atomic mass is 19.4. The quantitative estimate of drug-likeness (QED) is 0.600. The Labute approximate surface area is 161 Å². The number of carbonyl (C=O) groups is 1. The summed E-state index contributed by atoms with van der Waals surface area (Å²) in [5.74, 6) is -0.646. The average Bonchev–Trinajstić information content (AvgIpc) is 2.71. The largest absolute Gasteiger partial charge is 0.417 e. The van der Waals surface area contributed by atoms with Crippen molar-refractivity contribution >= 4 is 5.91 Å². The van der Waals surface area contributed by atoms with Crippen molar-refractivity contribution in [2.45, 2.75) is 19.1 Å². The Hall–Kier alpha value is -3.15. The second kappa shape index (κ2) is 8.69. The number of carbonyl (C=O) groups excluding carboxylic acids is 1. The van der Waals surface area contributed by atoms with Crippen LogP contribution in [0.3, 0.4) is 0 Å². The summed E-state index contributed by atoms with van der Waals surface area (Å²) < 4.78 is 40.1. The molecular formula is C22H19F3N2O. The molecule has 0 atom stereocenters. The average molecular weight is 384 g/mol. The number of aromatic nitrogens is 1. The molecule has 0 saturated heterocycles. The van der Waals surface area contributed by atoms with E-state index in [1.807, 2.05) is 42.5 Å². The maximum Gasteiger partial charge on any atom is 0.417 e. The number of alkyl halides is 3. The molecule has 3 rings (SSSR count). The van der Waals surface area contributed by atoms with Crippen LogP contribution in [0.5, 0.6) is 0 Å². The molecule has 0 saturated carbocycles. The Kier molecular flexibility index (Phi) is 6.09. The van der Waals surface area contributed by atoms with Gasteiger partial charge in [-0.3, -0.25) is 9.78 Å². The summed E-state index contributed by atoms with van der Waals surface area (Å²) in [4.78, 5) is 18.7. The van der Waals surface area contributed by atoms with Gasteiger partial charge in [-0.2, -0.15) is 13.2 Å². The van der Waals surface area contributed by atoms with Crippen LogP contribution >= 0.6 is 0 Å². The first-order valence-corrected chi connectivity index (χ1v) is 8.84. The van der Waals surface area contributed by atoms with Gasteiger partial charge in [0, 0.05) is 31.4 Å². The molecule has 0 radical (unpaired) electrons. The van der Waals surface area contributed by atoms with Gasteiger partial charge in [-0.15, -0.1) is 0 Å². The third-order valence-corrected chi connectivity index (χ3v) is 4.33. The van der Waals surface area contributed by atoms with Crippen LogP contribution in [-0.4, -0.2) is 22.3 Å². The lowest BCUT2D eigenvalue weighted by molar-refractivity contribution is -0.138. The van der Waals surface area contributed by atoms with E-state index < -0.39 is 17.6 Å². The predicted molar refractivity (Wildman–Crippen MR) is 101 cm³/mol. The van der Waals surface area contributed by atoms with E-state index in [0.717, 1.165) is 17.3 Å². The van der Waals surface area contributed by atoms with Gasteiger partial charge in [-0.05, 0) is 29.8 Å². The van der Waals surface area contributed by atoms with Gasteiger partial charge in [-0.25, -0.2) is 0 Å². The van der Waals surface area contributed by atoms with Gasteiger partial charge in [0.15, 0.2) is 0 Å². The first-order valence-electron chi connectivity index (χ1n) is 8.84. The van der Waals surface area contributed by atoms with Crippen molar-refractivity contribution in [1.29, 1.82) is 0 Å². The number of rotatable bonds is 6. The molecule has 6 heteroatoms. The van der Waals surface area contributed by atoms with Crippen molar-refractivity contribution in [3.8, 4) is 0 Å². The maximum absolute atomic E-state index is 13.4. The van der Waals surface area contributed by atoms with Crippen molar-refractivity contribution in [2.75, 3.05) is 6.54 Å². The molecule has 144 valence electrons. The maximum atomic E-state index is 13.4. The summed E-state index contributed by atoms with van der Waals surface area (Å²) in [5, 5.41) is 0. The molecule has 0 bridgehead atoms. The minimum atomic E-state index is -4.59. The van der Waals surface area contributed by atoms with Crippen LogP contribution in [0.1, 0.15) is 27.2 Å². The fourth-order valence-corrected chi connectivity index (χ4v) is 2.94. The number of hydrogen-bond donors (Lipinski definition) is 0. The van der Waals surface area contributed by atoms with E-state index in [2.05, 4.69) is 4.98 Å². The molecule has 0 aliphatic carbocycles. The zero-order valence-corrected chi connectivity index (χ0v) is 15.1. The molecule has 28 heavy (non-hydrogen) atoms. The zero-order chi connectivity index (χ0) is 20.0. The molecule has 3 nitrogen and oxygen atoms in total. The molecule has 0 fully saturated rings. The van der Waals surface area contributed by atoms with Crippen LogP contribution in [0.2, 0.25) is 0 Å². The van der Waals surface area contributed by atoms with Crippen LogP contribution in [0.4, 0.5) is 13.2 Å². The van der Waals surface area contributed by atoms with E-state index in [0.29, 0.717) is 6.42 Å². The fraction of sp³-hybridized carbons (Fsp3) is 0.182. The molecule has 0 aliphatic rings. The van der Waals surface area contributed by atoms with Gasteiger partial charge < -0.3 is 4.90 Å². The summed E-state index contributed by atoms with van der Waals surface area (Å²) in [6.45, 7) is 0.482. The Bertz CT molecular complexity index is 912. The van der Waals surface area contributed by atoms with E-state index >= 15 is 0 Å². The van der Waals surface area contributed by atoms with Crippen LogP contribution in [-0.2, 0) is 19.1 Å². The first kappa shape index (κ1) is 19.6. The minimum absolute atomic E-state index is 0.221. The van der Waals surface area contributed by atoms with E-state index in [9.17, 15) is 18.0 Å². The highest BCUT2D eigenvalue weighted by Crippen LogP contribution is 2.32. The molecule has 2 aromatic carbocycles. The summed E-state index contributed by atoms with van der Waals surface area (Å²) in [7, 11) is 0. The van der Waals surface area contributed by atoms with Crippen molar-refractivity contribution in [3.05, 3.63) is 101 Å². The number of nitrogens with zero attached hydrogens (tertiary/aromatic N) is 2. The van der Waals surface area contributed by atoms with Crippen LogP contribution < -0.4 is 0 Å². The first-order chi connectivity index (χ1) is 13.4. The highest BCUT2D eigenvalue weighted by molar-refractivity contribution is 5.96. The smallest absolute Gasteiger partial charge is 0.334 e. The summed E-state index contributed by atoms with van der Waals surface area (Å²) in [5.41, 5.74) is 0.363. The predicted octanol–water partition coefficient (Wildman–Crippen LogP) is 4.99. The Balaban J connectivity index is 1.88. The third-order valence-electron chi connectivity index (χ3n) is 4.33. The summed E-state index contributed by atoms with van der Waals surface area (Å²) in [6.07, 6.45) is -2.49. The molecule has 1 heterocycles.